The molecule has 0 bridgehead atoms. The molecule has 0 radical (unpaired) electrons. The average molecular weight is 309 g/mol. The molecule has 106 valence electrons. The van der Waals surface area contributed by atoms with E-state index in [1.54, 1.807) is 11.3 Å². The summed E-state index contributed by atoms with van der Waals surface area (Å²) in [4.78, 5) is 12.2. The molecule has 0 saturated carbocycles. The van der Waals surface area contributed by atoms with Crippen LogP contribution in [0.4, 0.5) is 5.69 Å². The zero-order valence-electron chi connectivity index (χ0n) is 11.4. The molecule has 20 heavy (non-hydrogen) atoms. The van der Waals surface area contributed by atoms with Crippen LogP contribution >= 0.6 is 22.9 Å². The van der Waals surface area contributed by atoms with Gasteiger partial charge in [-0.25, -0.2) is 0 Å². The zero-order chi connectivity index (χ0) is 14.5. The molecule has 0 aliphatic heterocycles. The third kappa shape index (κ3) is 4.07. The first kappa shape index (κ1) is 15.0. The van der Waals surface area contributed by atoms with Gasteiger partial charge in [-0.2, -0.15) is 0 Å². The molecule has 2 aromatic rings. The third-order valence-corrected chi connectivity index (χ3v) is 4.13. The predicted molar refractivity (Wildman–Crippen MR) is 85.3 cm³/mol. The Hall–Kier alpha value is -1.36. The minimum Gasteiger partial charge on any atom is -0.325 e. The minimum absolute atomic E-state index is 0.0486. The second-order valence-corrected chi connectivity index (χ2v) is 6.03. The maximum Gasteiger partial charge on any atom is 0.221 e. The van der Waals surface area contributed by atoms with Crippen LogP contribution in [0.1, 0.15) is 30.3 Å². The van der Waals surface area contributed by atoms with Gasteiger partial charge in [-0.3, -0.25) is 4.79 Å². The number of carbonyl (C=O) groups is 1. The summed E-state index contributed by atoms with van der Waals surface area (Å²) < 4.78 is 0. The number of rotatable bonds is 5. The van der Waals surface area contributed by atoms with Gasteiger partial charge in [0.15, 0.2) is 0 Å². The molecule has 1 heterocycles. The highest BCUT2D eigenvalue weighted by Crippen LogP contribution is 2.24. The summed E-state index contributed by atoms with van der Waals surface area (Å²) in [7, 11) is 0. The van der Waals surface area contributed by atoms with Gasteiger partial charge < -0.3 is 10.6 Å². The van der Waals surface area contributed by atoms with Crippen LogP contribution in [0.5, 0.6) is 0 Å². The van der Waals surface area contributed by atoms with Crippen molar-refractivity contribution in [2.75, 3.05) is 5.32 Å². The predicted octanol–water partition coefficient (Wildman–Crippen LogP) is 4.21. The lowest BCUT2D eigenvalue weighted by molar-refractivity contribution is -0.114. The molecule has 0 spiro atoms. The molecule has 1 atom stereocenters. The monoisotopic (exact) mass is 308 g/mol. The second-order valence-electron chi connectivity index (χ2n) is 4.60. The first-order chi connectivity index (χ1) is 9.56. The van der Waals surface area contributed by atoms with Crippen molar-refractivity contribution in [2.24, 2.45) is 0 Å². The third-order valence-electron chi connectivity index (χ3n) is 2.97. The van der Waals surface area contributed by atoms with Gasteiger partial charge in [0.05, 0.1) is 5.69 Å². The van der Waals surface area contributed by atoms with E-state index in [0.29, 0.717) is 6.54 Å². The highest BCUT2D eigenvalue weighted by Gasteiger charge is 2.09. The molecule has 1 amide bonds. The Morgan fingerprint density at radius 1 is 1.40 bits per heavy atom. The van der Waals surface area contributed by atoms with E-state index in [2.05, 4.69) is 17.6 Å². The lowest BCUT2D eigenvalue weighted by Gasteiger charge is -2.14. The van der Waals surface area contributed by atoms with Crippen molar-refractivity contribution in [3.8, 4) is 0 Å². The molecule has 3 nitrogen and oxygen atoms in total. The topological polar surface area (TPSA) is 41.1 Å². The molecule has 1 aromatic carbocycles. The van der Waals surface area contributed by atoms with Crippen molar-refractivity contribution in [1.82, 2.24) is 5.32 Å². The SMILES string of the molecule is CC(=O)Nc1ccsc1CNC(C)c1cccc(Cl)c1. The largest absolute Gasteiger partial charge is 0.325 e. The second kappa shape index (κ2) is 6.88. The van der Waals surface area contributed by atoms with E-state index in [1.165, 1.54) is 6.92 Å². The smallest absolute Gasteiger partial charge is 0.221 e. The lowest BCUT2D eigenvalue weighted by atomic mass is 10.1. The lowest BCUT2D eigenvalue weighted by Crippen LogP contribution is -2.18. The molecule has 0 saturated heterocycles. The molecular formula is C15H17ClN2OS. The zero-order valence-corrected chi connectivity index (χ0v) is 13.0. The highest BCUT2D eigenvalue weighted by atomic mass is 35.5. The number of carbonyl (C=O) groups excluding carboxylic acids is 1. The van der Waals surface area contributed by atoms with Crippen LogP contribution in [0.25, 0.3) is 0 Å². The number of amides is 1. The Bertz CT molecular complexity index is 597. The molecule has 0 aliphatic rings. The van der Waals surface area contributed by atoms with Crippen LogP contribution in [0.3, 0.4) is 0 Å². The van der Waals surface area contributed by atoms with Crippen LogP contribution in [0, 0.1) is 0 Å². The van der Waals surface area contributed by atoms with Crippen LogP contribution < -0.4 is 10.6 Å². The van der Waals surface area contributed by atoms with E-state index >= 15 is 0 Å². The fourth-order valence-corrected chi connectivity index (χ4v) is 2.90. The summed E-state index contributed by atoms with van der Waals surface area (Å²) in [6, 6.07) is 9.94. The van der Waals surface area contributed by atoms with Gasteiger partial charge in [-0.05, 0) is 36.1 Å². The average Bonchev–Trinajstić information content (AvgIpc) is 2.82. The summed E-state index contributed by atoms with van der Waals surface area (Å²) in [6.07, 6.45) is 0. The first-order valence-electron chi connectivity index (χ1n) is 6.39. The standard InChI is InChI=1S/C15H17ClN2OS/c1-10(12-4-3-5-13(16)8-12)17-9-15-14(6-7-20-15)18-11(2)19/h3-8,10,17H,9H2,1-2H3,(H,18,19). The molecular weight excluding hydrogens is 292 g/mol. The van der Waals surface area contributed by atoms with E-state index in [9.17, 15) is 4.79 Å². The van der Waals surface area contributed by atoms with E-state index in [0.717, 1.165) is 21.2 Å². The van der Waals surface area contributed by atoms with Gasteiger partial charge in [-0.15, -0.1) is 11.3 Å². The molecule has 1 aromatic heterocycles. The Morgan fingerprint density at radius 2 is 2.20 bits per heavy atom. The van der Waals surface area contributed by atoms with E-state index in [1.807, 2.05) is 35.7 Å². The summed E-state index contributed by atoms with van der Waals surface area (Å²) in [6.45, 7) is 4.32. The number of anilines is 1. The fourth-order valence-electron chi connectivity index (χ4n) is 1.92. The Kier molecular flexibility index (Phi) is 5.17. The molecule has 2 rings (SSSR count). The number of hydrogen-bond acceptors (Lipinski definition) is 3. The molecule has 2 N–H and O–H groups in total. The van der Waals surface area contributed by atoms with Crippen molar-refractivity contribution in [3.05, 3.63) is 51.2 Å². The van der Waals surface area contributed by atoms with Gasteiger partial charge in [-0.1, -0.05) is 23.7 Å². The van der Waals surface area contributed by atoms with Gasteiger partial charge >= 0.3 is 0 Å². The minimum atomic E-state index is -0.0486. The summed E-state index contributed by atoms with van der Waals surface area (Å²) in [5, 5.41) is 9.00. The van der Waals surface area contributed by atoms with Gasteiger partial charge in [0.2, 0.25) is 5.91 Å². The van der Waals surface area contributed by atoms with Crippen molar-refractivity contribution < 1.29 is 4.79 Å². The van der Waals surface area contributed by atoms with Crippen molar-refractivity contribution in [1.29, 1.82) is 0 Å². The van der Waals surface area contributed by atoms with Crippen molar-refractivity contribution in [3.63, 3.8) is 0 Å². The Morgan fingerprint density at radius 3 is 2.90 bits per heavy atom. The van der Waals surface area contributed by atoms with E-state index in [-0.39, 0.29) is 11.9 Å². The quantitative estimate of drug-likeness (QED) is 0.868. The summed E-state index contributed by atoms with van der Waals surface area (Å²) in [5.41, 5.74) is 2.03. The van der Waals surface area contributed by atoms with Gasteiger partial charge in [0.1, 0.15) is 0 Å². The molecule has 1 unspecified atom stereocenters. The molecule has 0 fully saturated rings. The van der Waals surface area contributed by atoms with Crippen LogP contribution in [0.2, 0.25) is 5.02 Å². The van der Waals surface area contributed by atoms with Gasteiger partial charge in [0, 0.05) is 29.4 Å². The Labute approximate surface area is 128 Å². The van der Waals surface area contributed by atoms with Gasteiger partial charge in [0.25, 0.3) is 0 Å². The van der Waals surface area contributed by atoms with Crippen molar-refractivity contribution in [2.45, 2.75) is 26.4 Å². The maximum atomic E-state index is 11.1. The number of halogens is 1. The maximum absolute atomic E-state index is 11.1. The molecule has 5 heteroatoms. The normalized spacial score (nSPS) is 12.2. The van der Waals surface area contributed by atoms with Crippen LogP contribution in [0.15, 0.2) is 35.7 Å². The highest BCUT2D eigenvalue weighted by molar-refractivity contribution is 7.10. The van der Waals surface area contributed by atoms with Crippen LogP contribution in [-0.2, 0) is 11.3 Å². The number of benzene rings is 1. The Balaban J connectivity index is 1.98. The van der Waals surface area contributed by atoms with E-state index in [4.69, 9.17) is 11.6 Å². The number of hydrogen-bond donors (Lipinski definition) is 2. The van der Waals surface area contributed by atoms with Crippen LogP contribution in [-0.4, -0.2) is 5.91 Å². The number of nitrogens with one attached hydrogen (secondary N) is 2. The van der Waals surface area contributed by atoms with E-state index < -0.39 is 0 Å². The molecule has 0 aliphatic carbocycles. The first-order valence-corrected chi connectivity index (χ1v) is 7.65. The number of thiophene rings is 1. The summed E-state index contributed by atoms with van der Waals surface area (Å²) >= 11 is 7.63. The van der Waals surface area contributed by atoms with Crippen molar-refractivity contribution >= 4 is 34.5 Å². The summed E-state index contributed by atoms with van der Waals surface area (Å²) in [5.74, 6) is -0.0486. The fraction of sp³-hybridized carbons (Fsp3) is 0.267.